The van der Waals surface area contributed by atoms with Gasteiger partial charge in [-0.1, -0.05) is 13.3 Å². The minimum absolute atomic E-state index is 0.188. The summed E-state index contributed by atoms with van der Waals surface area (Å²) in [5.41, 5.74) is 0.630. The van der Waals surface area contributed by atoms with E-state index in [0.717, 1.165) is 43.4 Å². The largest absolute Gasteiger partial charge is 0.204 e. The van der Waals surface area contributed by atoms with Crippen molar-refractivity contribution < 1.29 is 13.2 Å². The molecule has 0 unspecified atom stereocenters. The Morgan fingerprint density at radius 1 is 0.905 bits per heavy atom. The number of hydrogen-bond acceptors (Lipinski definition) is 0. The topological polar surface area (TPSA) is 0 Å². The molecule has 21 heavy (non-hydrogen) atoms. The monoisotopic (exact) mass is 296 g/mol. The molecular formula is C18H23F3. The average Bonchev–Trinajstić information content (AvgIpc) is 2.44. The van der Waals surface area contributed by atoms with E-state index in [2.05, 4.69) is 6.92 Å². The minimum Gasteiger partial charge on any atom is -0.204 e. The lowest BCUT2D eigenvalue weighted by atomic mass is 9.63. The molecule has 0 heterocycles. The van der Waals surface area contributed by atoms with Crippen molar-refractivity contribution in [3.05, 3.63) is 35.1 Å². The van der Waals surface area contributed by atoms with Crippen LogP contribution in [-0.4, -0.2) is 0 Å². The number of hydrogen-bond donors (Lipinski definition) is 0. The molecule has 2 aliphatic carbocycles. The van der Waals surface area contributed by atoms with Gasteiger partial charge in [0.2, 0.25) is 0 Å². The summed E-state index contributed by atoms with van der Waals surface area (Å²) >= 11 is 0. The molecule has 116 valence electrons. The number of benzene rings is 1. The zero-order valence-electron chi connectivity index (χ0n) is 12.5. The third-order valence-electron chi connectivity index (χ3n) is 5.77. The molecule has 2 fully saturated rings. The molecule has 1 aromatic carbocycles. The van der Waals surface area contributed by atoms with Crippen molar-refractivity contribution in [2.24, 2.45) is 17.8 Å². The molecule has 0 radical (unpaired) electrons. The predicted molar refractivity (Wildman–Crippen MR) is 77.5 cm³/mol. The first-order chi connectivity index (χ1) is 10.1. The van der Waals surface area contributed by atoms with Gasteiger partial charge in [0, 0.05) is 0 Å². The standard InChI is InChI=1S/C18H23F3/c1-2-11-7-14(8-11)12-3-5-13(6-4-12)15-9-16(19)18(21)17(20)10-15/h9-14H,2-8H2,1H3/t11?,12-,13-,14?. The van der Waals surface area contributed by atoms with Crippen LogP contribution in [0.2, 0.25) is 0 Å². The third-order valence-corrected chi connectivity index (χ3v) is 5.77. The fourth-order valence-corrected chi connectivity index (χ4v) is 4.24. The van der Waals surface area contributed by atoms with Crippen LogP contribution in [0.15, 0.2) is 12.1 Å². The van der Waals surface area contributed by atoms with E-state index in [1.54, 1.807) is 0 Å². The second-order valence-electron chi connectivity index (χ2n) is 6.92. The normalized spacial score (nSPS) is 32.8. The predicted octanol–water partition coefficient (Wildman–Crippen LogP) is 5.81. The van der Waals surface area contributed by atoms with Crippen molar-refractivity contribution in [2.75, 3.05) is 0 Å². The second-order valence-corrected chi connectivity index (χ2v) is 6.92. The van der Waals surface area contributed by atoms with Gasteiger partial charge in [0.05, 0.1) is 0 Å². The molecule has 0 atom stereocenters. The van der Waals surface area contributed by atoms with Gasteiger partial charge in [-0.3, -0.25) is 0 Å². The maximum atomic E-state index is 13.3. The van der Waals surface area contributed by atoms with Crippen LogP contribution < -0.4 is 0 Å². The highest BCUT2D eigenvalue weighted by Crippen LogP contribution is 2.48. The van der Waals surface area contributed by atoms with Gasteiger partial charge in [0.25, 0.3) is 0 Å². The maximum Gasteiger partial charge on any atom is 0.194 e. The second kappa shape index (κ2) is 6.02. The Kier molecular flexibility index (Phi) is 4.28. The molecule has 0 bridgehead atoms. The van der Waals surface area contributed by atoms with E-state index >= 15 is 0 Å². The van der Waals surface area contributed by atoms with Gasteiger partial charge in [-0.05, 0) is 79.9 Å². The van der Waals surface area contributed by atoms with E-state index in [9.17, 15) is 13.2 Å². The molecule has 3 heteroatoms. The molecular weight excluding hydrogens is 273 g/mol. The van der Waals surface area contributed by atoms with Crippen LogP contribution in [0.1, 0.15) is 63.4 Å². The lowest BCUT2D eigenvalue weighted by molar-refractivity contribution is 0.0910. The van der Waals surface area contributed by atoms with E-state index < -0.39 is 17.5 Å². The highest BCUT2D eigenvalue weighted by atomic mass is 19.2. The van der Waals surface area contributed by atoms with Crippen molar-refractivity contribution in [2.45, 2.75) is 57.8 Å². The van der Waals surface area contributed by atoms with Gasteiger partial charge in [-0.25, -0.2) is 13.2 Å². The van der Waals surface area contributed by atoms with Crippen molar-refractivity contribution in [1.29, 1.82) is 0 Å². The summed E-state index contributed by atoms with van der Waals surface area (Å²) in [5.74, 6) is -0.695. The lowest BCUT2D eigenvalue weighted by Gasteiger charge is -2.43. The minimum atomic E-state index is -1.35. The molecule has 0 aromatic heterocycles. The Labute approximate surface area is 124 Å². The molecule has 0 aliphatic heterocycles. The van der Waals surface area contributed by atoms with Gasteiger partial charge in [0.1, 0.15) is 0 Å². The molecule has 1 aromatic rings. The fourth-order valence-electron chi connectivity index (χ4n) is 4.24. The van der Waals surface area contributed by atoms with Crippen LogP contribution in [0.3, 0.4) is 0 Å². The smallest absolute Gasteiger partial charge is 0.194 e. The molecule has 0 saturated heterocycles. The summed E-state index contributed by atoms with van der Waals surface area (Å²) in [6, 6.07) is 2.36. The molecule has 0 nitrogen and oxygen atoms in total. The van der Waals surface area contributed by atoms with Crippen molar-refractivity contribution >= 4 is 0 Å². The molecule has 3 rings (SSSR count). The molecule has 2 saturated carbocycles. The Balaban J connectivity index is 1.59. The highest BCUT2D eigenvalue weighted by Gasteiger charge is 2.36. The average molecular weight is 296 g/mol. The Morgan fingerprint density at radius 2 is 1.48 bits per heavy atom. The van der Waals surface area contributed by atoms with Crippen molar-refractivity contribution in [3.63, 3.8) is 0 Å². The lowest BCUT2D eigenvalue weighted by Crippen LogP contribution is -2.32. The Bertz CT molecular complexity index is 474. The zero-order valence-corrected chi connectivity index (χ0v) is 12.5. The Morgan fingerprint density at radius 3 is 2.00 bits per heavy atom. The summed E-state index contributed by atoms with van der Waals surface area (Å²) in [7, 11) is 0. The van der Waals surface area contributed by atoms with Crippen LogP contribution in [0.4, 0.5) is 13.2 Å². The van der Waals surface area contributed by atoms with Crippen LogP contribution in [0.25, 0.3) is 0 Å². The van der Waals surface area contributed by atoms with Gasteiger partial charge in [-0.2, -0.15) is 0 Å². The molecule has 0 amide bonds. The summed E-state index contributed by atoms with van der Waals surface area (Å²) in [6.07, 6.45) is 8.26. The number of halogens is 3. The summed E-state index contributed by atoms with van der Waals surface area (Å²) in [5, 5.41) is 0. The first kappa shape index (κ1) is 14.9. The van der Waals surface area contributed by atoms with E-state index in [-0.39, 0.29) is 5.92 Å². The summed E-state index contributed by atoms with van der Waals surface area (Å²) in [4.78, 5) is 0. The molecule has 0 N–H and O–H groups in total. The summed E-state index contributed by atoms with van der Waals surface area (Å²) < 4.78 is 39.7. The maximum absolute atomic E-state index is 13.3. The fraction of sp³-hybridized carbons (Fsp3) is 0.667. The summed E-state index contributed by atoms with van der Waals surface area (Å²) in [6.45, 7) is 2.26. The van der Waals surface area contributed by atoms with Gasteiger partial charge in [0.15, 0.2) is 17.5 Å². The zero-order chi connectivity index (χ0) is 15.0. The first-order valence-electron chi connectivity index (χ1n) is 8.22. The SMILES string of the molecule is CCC1CC([C@H]2CC[C@H](c3cc(F)c(F)c(F)c3)CC2)C1. The van der Waals surface area contributed by atoms with E-state index in [4.69, 9.17) is 0 Å². The molecule has 2 aliphatic rings. The quantitative estimate of drug-likeness (QED) is 0.617. The van der Waals surface area contributed by atoms with Crippen LogP contribution in [0.5, 0.6) is 0 Å². The van der Waals surface area contributed by atoms with E-state index in [1.165, 1.54) is 31.4 Å². The van der Waals surface area contributed by atoms with Gasteiger partial charge in [-0.15, -0.1) is 0 Å². The van der Waals surface area contributed by atoms with Gasteiger partial charge < -0.3 is 0 Å². The van der Waals surface area contributed by atoms with E-state index in [1.807, 2.05) is 0 Å². The van der Waals surface area contributed by atoms with Crippen LogP contribution >= 0.6 is 0 Å². The van der Waals surface area contributed by atoms with Gasteiger partial charge >= 0.3 is 0 Å². The number of rotatable bonds is 3. The van der Waals surface area contributed by atoms with Crippen LogP contribution in [-0.2, 0) is 0 Å². The third kappa shape index (κ3) is 2.97. The first-order valence-corrected chi connectivity index (χ1v) is 8.22. The highest BCUT2D eigenvalue weighted by molar-refractivity contribution is 5.23. The van der Waals surface area contributed by atoms with E-state index in [0.29, 0.717) is 5.56 Å². The molecule has 0 spiro atoms. The Hall–Kier alpha value is -0.990. The van der Waals surface area contributed by atoms with Crippen molar-refractivity contribution in [3.8, 4) is 0 Å². The van der Waals surface area contributed by atoms with Crippen LogP contribution in [0, 0.1) is 35.2 Å². The van der Waals surface area contributed by atoms with Crippen molar-refractivity contribution in [1.82, 2.24) is 0 Å².